The summed E-state index contributed by atoms with van der Waals surface area (Å²) in [5, 5.41) is 10.7. The van der Waals surface area contributed by atoms with Gasteiger partial charge in [0.05, 0.1) is 12.1 Å². The quantitative estimate of drug-likeness (QED) is 0.738. The molecule has 1 aliphatic carbocycles. The number of benzene rings is 1. The van der Waals surface area contributed by atoms with Crippen LogP contribution in [0, 0.1) is 5.92 Å². The molecular formula is C19H20N2O2. The number of para-hydroxylation sites is 1. The van der Waals surface area contributed by atoms with Gasteiger partial charge in [-0.2, -0.15) is 0 Å². The van der Waals surface area contributed by atoms with Gasteiger partial charge in [-0.25, -0.2) is 0 Å². The molecule has 3 fully saturated rings. The Kier molecular flexibility index (Phi) is 2.14. The molecule has 118 valence electrons. The van der Waals surface area contributed by atoms with Crippen LogP contribution in [0.3, 0.4) is 0 Å². The highest BCUT2D eigenvalue weighted by atomic mass is 16.3. The summed E-state index contributed by atoms with van der Waals surface area (Å²) in [4.78, 5) is 17.3. The van der Waals surface area contributed by atoms with E-state index >= 15 is 0 Å². The van der Waals surface area contributed by atoms with Crippen molar-refractivity contribution < 1.29 is 9.90 Å². The number of aliphatic hydroxyl groups excluding tert-OH is 1. The zero-order valence-corrected chi connectivity index (χ0v) is 13.0. The summed E-state index contributed by atoms with van der Waals surface area (Å²) < 4.78 is 0. The summed E-state index contributed by atoms with van der Waals surface area (Å²) in [6.45, 7) is 1.83. The van der Waals surface area contributed by atoms with Crippen molar-refractivity contribution in [2.45, 2.75) is 42.9 Å². The predicted molar refractivity (Wildman–Crippen MR) is 86.2 cm³/mol. The first-order valence-corrected chi connectivity index (χ1v) is 8.75. The maximum Gasteiger partial charge on any atom is 0.231 e. The summed E-state index contributed by atoms with van der Waals surface area (Å²) >= 11 is 0. The van der Waals surface area contributed by atoms with Gasteiger partial charge in [0, 0.05) is 36.0 Å². The minimum absolute atomic E-state index is 0.0507. The molecule has 4 nitrogen and oxygen atoms in total. The molecule has 6 rings (SSSR count). The van der Waals surface area contributed by atoms with Crippen LogP contribution in [0.25, 0.3) is 0 Å². The van der Waals surface area contributed by atoms with E-state index in [4.69, 9.17) is 0 Å². The molecule has 1 N–H and O–H groups in total. The van der Waals surface area contributed by atoms with Crippen LogP contribution in [0.5, 0.6) is 0 Å². The average Bonchev–Trinajstić information content (AvgIpc) is 3.09. The van der Waals surface area contributed by atoms with Crippen LogP contribution >= 0.6 is 0 Å². The Balaban J connectivity index is 1.68. The Morgan fingerprint density at radius 2 is 2.13 bits per heavy atom. The highest BCUT2D eigenvalue weighted by molar-refractivity contribution is 6.00. The van der Waals surface area contributed by atoms with E-state index in [9.17, 15) is 9.90 Å². The topological polar surface area (TPSA) is 43.8 Å². The van der Waals surface area contributed by atoms with Gasteiger partial charge >= 0.3 is 0 Å². The fourth-order valence-corrected chi connectivity index (χ4v) is 6.40. The molecule has 1 amide bonds. The van der Waals surface area contributed by atoms with Gasteiger partial charge in [0.15, 0.2) is 0 Å². The van der Waals surface area contributed by atoms with E-state index in [0.717, 1.165) is 31.6 Å². The normalized spacial score (nSPS) is 43.3. The zero-order chi connectivity index (χ0) is 15.3. The van der Waals surface area contributed by atoms with Gasteiger partial charge in [0.2, 0.25) is 5.91 Å². The van der Waals surface area contributed by atoms with E-state index in [2.05, 4.69) is 34.1 Å². The average molecular weight is 308 g/mol. The minimum Gasteiger partial charge on any atom is -0.391 e. The zero-order valence-electron chi connectivity index (χ0n) is 13.0. The smallest absolute Gasteiger partial charge is 0.231 e. The lowest BCUT2D eigenvalue weighted by atomic mass is 9.57. The first kappa shape index (κ1) is 12.7. The number of anilines is 1. The SMILES string of the molecule is O=C1CC=C2[C@H]3C[C@@H]4N(CC[C@@]45c4ccccc4N1[C@@H]25)C[C@@H]3O. The van der Waals surface area contributed by atoms with E-state index in [1.165, 1.54) is 11.1 Å². The molecule has 0 radical (unpaired) electrons. The van der Waals surface area contributed by atoms with Crippen molar-refractivity contribution in [1.29, 1.82) is 0 Å². The number of fused-ring (bicyclic) bond motifs is 4. The summed E-state index contributed by atoms with van der Waals surface area (Å²) in [6, 6.07) is 9.14. The summed E-state index contributed by atoms with van der Waals surface area (Å²) in [5.41, 5.74) is 3.88. The molecule has 5 aliphatic rings. The molecule has 2 bridgehead atoms. The molecule has 1 spiro atoms. The first-order valence-electron chi connectivity index (χ1n) is 8.75. The molecule has 4 heteroatoms. The Bertz CT molecular complexity index is 772. The monoisotopic (exact) mass is 308 g/mol. The molecule has 0 aromatic heterocycles. The van der Waals surface area contributed by atoms with Crippen LogP contribution in [-0.2, 0) is 10.2 Å². The van der Waals surface area contributed by atoms with Gasteiger partial charge in [-0.1, -0.05) is 24.3 Å². The number of rotatable bonds is 0. The Morgan fingerprint density at radius 1 is 1.26 bits per heavy atom. The van der Waals surface area contributed by atoms with Crippen molar-refractivity contribution in [3.05, 3.63) is 41.5 Å². The highest BCUT2D eigenvalue weighted by Crippen LogP contribution is 2.63. The molecule has 1 aromatic carbocycles. The molecule has 1 aromatic rings. The largest absolute Gasteiger partial charge is 0.391 e. The van der Waals surface area contributed by atoms with E-state index in [1.54, 1.807) is 0 Å². The van der Waals surface area contributed by atoms with Crippen LogP contribution in [0.15, 0.2) is 35.9 Å². The maximum absolute atomic E-state index is 12.7. The fourth-order valence-electron chi connectivity index (χ4n) is 6.40. The number of nitrogens with zero attached hydrogens (tertiary/aromatic N) is 2. The second-order valence-electron chi connectivity index (χ2n) is 7.80. The van der Waals surface area contributed by atoms with E-state index < -0.39 is 0 Å². The third-order valence-electron chi connectivity index (χ3n) is 7.15. The van der Waals surface area contributed by atoms with Crippen molar-refractivity contribution in [2.24, 2.45) is 5.92 Å². The van der Waals surface area contributed by atoms with Gasteiger partial charge in [0.25, 0.3) is 0 Å². The molecule has 1 saturated carbocycles. The van der Waals surface area contributed by atoms with Crippen molar-refractivity contribution in [2.75, 3.05) is 18.0 Å². The van der Waals surface area contributed by atoms with Crippen molar-refractivity contribution in [1.82, 2.24) is 4.90 Å². The number of hydrogen-bond donors (Lipinski definition) is 1. The van der Waals surface area contributed by atoms with E-state index in [1.807, 2.05) is 6.07 Å². The number of hydrogen-bond acceptors (Lipinski definition) is 3. The lowest BCUT2D eigenvalue weighted by Crippen LogP contribution is -2.65. The third kappa shape index (κ3) is 1.24. The lowest BCUT2D eigenvalue weighted by Gasteiger charge is -2.55. The Hall–Kier alpha value is -1.65. The number of aliphatic hydroxyl groups is 1. The first-order chi connectivity index (χ1) is 11.2. The van der Waals surface area contributed by atoms with Crippen LogP contribution in [0.2, 0.25) is 0 Å². The van der Waals surface area contributed by atoms with Crippen molar-refractivity contribution in [3.63, 3.8) is 0 Å². The molecule has 23 heavy (non-hydrogen) atoms. The summed E-state index contributed by atoms with van der Waals surface area (Å²) in [7, 11) is 0. The second-order valence-corrected chi connectivity index (χ2v) is 7.80. The summed E-state index contributed by atoms with van der Waals surface area (Å²) in [6.07, 6.45) is 4.48. The van der Waals surface area contributed by atoms with Gasteiger partial charge in [0.1, 0.15) is 0 Å². The van der Waals surface area contributed by atoms with Crippen LogP contribution in [-0.4, -0.2) is 47.2 Å². The Morgan fingerprint density at radius 3 is 3.04 bits per heavy atom. The number of carbonyl (C=O) groups excluding carboxylic acids is 1. The van der Waals surface area contributed by atoms with Gasteiger partial charge in [-0.05, 0) is 36.6 Å². The lowest BCUT2D eigenvalue weighted by molar-refractivity contribution is -0.119. The van der Waals surface area contributed by atoms with Crippen molar-refractivity contribution >= 4 is 11.6 Å². The minimum atomic E-state index is -0.285. The Labute approximate surface area is 135 Å². The number of carbonyl (C=O) groups is 1. The fraction of sp³-hybridized carbons (Fsp3) is 0.526. The molecular weight excluding hydrogens is 288 g/mol. The summed E-state index contributed by atoms with van der Waals surface area (Å²) in [5.74, 6) is 0.452. The van der Waals surface area contributed by atoms with Gasteiger partial charge < -0.3 is 10.0 Å². The van der Waals surface area contributed by atoms with Crippen LogP contribution in [0.4, 0.5) is 5.69 Å². The molecule has 4 heterocycles. The number of piperidine rings is 1. The predicted octanol–water partition coefficient (Wildman–Crippen LogP) is 1.44. The van der Waals surface area contributed by atoms with E-state index in [0.29, 0.717) is 12.5 Å². The highest BCUT2D eigenvalue weighted by Gasteiger charge is 2.67. The van der Waals surface area contributed by atoms with Crippen LogP contribution in [0.1, 0.15) is 24.8 Å². The van der Waals surface area contributed by atoms with Crippen LogP contribution < -0.4 is 4.90 Å². The number of amides is 1. The van der Waals surface area contributed by atoms with Crippen molar-refractivity contribution in [3.8, 4) is 0 Å². The molecule has 2 saturated heterocycles. The second kappa shape index (κ2) is 3.87. The maximum atomic E-state index is 12.7. The standard InChI is InChI=1S/C19H20N2O2/c22-15-10-20-8-7-19-13-3-1-2-4-14(13)21-17(23)6-5-11(18(19)21)12(15)9-16(19)20/h1-5,12,15-16,18,22H,6-10H2/t12-,15+,16+,18+,19-/m1/s1. The molecule has 5 atom stereocenters. The van der Waals surface area contributed by atoms with Gasteiger partial charge in [-0.3, -0.25) is 9.69 Å². The van der Waals surface area contributed by atoms with E-state index in [-0.39, 0.29) is 29.4 Å². The third-order valence-corrected chi connectivity index (χ3v) is 7.15. The van der Waals surface area contributed by atoms with Gasteiger partial charge in [-0.15, -0.1) is 0 Å². The molecule has 4 aliphatic heterocycles. The molecule has 0 unspecified atom stereocenters.